The van der Waals surface area contributed by atoms with E-state index < -0.39 is 16.0 Å². The number of halogens is 1. The van der Waals surface area contributed by atoms with Crippen LogP contribution in [0.2, 0.25) is 0 Å². The SMILES string of the molecule is CCOC(=O)c1ccc(S(=O)(=O)N2CCCN(C(=O)C(C)C)CC2)c(Br)c1. The number of sulfonamides is 1. The third-order valence-corrected chi connectivity index (χ3v) is 7.20. The minimum Gasteiger partial charge on any atom is -0.462 e. The highest BCUT2D eigenvalue weighted by atomic mass is 79.9. The van der Waals surface area contributed by atoms with Gasteiger partial charge >= 0.3 is 5.97 Å². The normalized spacial score (nSPS) is 16.3. The lowest BCUT2D eigenvalue weighted by Gasteiger charge is -2.23. The van der Waals surface area contributed by atoms with Crippen molar-refractivity contribution < 1.29 is 22.7 Å². The fourth-order valence-corrected chi connectivity index (χ4v) is 5.42. The molecule has 1 aliphatic rings. The molecule has 7 nitrogen and oxygen atoms in total. The molecule has 1 heterocycles. The highest BCUT2D eigenvalue weighted by molar-refractivity contribution is 9.10. The molecule has 0 bridgehead atoms. The van der Waals surface area contributed by atoms with Crippen LogP contribution in [0.15, 0.2) is 27.6 Å². The molecule has 0 N–H and O–H groups in total. The van der Waals surface area contributed by atoms with E-state index in [1.165, 1.54) is 22.5 Å². The molecule has 0 aliphatic carbocycles. The standard InChI is InChI=1S/C18H25BrN2O5S/c1-4-26-18(23)14-6-7-16(15(19)12-14)27(24,25)21-9-5-8-20(10-11-21)17(22)13(2)3/h6-7,12-13H,4-5,8-11H2,1-3H3. The van der Waals surface area contributed by atoms with Crippen molar-refractivity contribution in [1.29, 1.82) is 0 Å². The maximum absolute atomic E-state index is 13.1. The van der Waals surface area contributed by atoms with Gasteiger partial charge in [-0.15, -0.1) is 0 Å². The molecule has 0 atom stereocenters. The minimum atomic E-state index is -3.74. The molecule has 0 spiro atoms. The molecule has 0 saturated carbocycles. The Bertz CT molecular complexity index is 810. The van der Waals surface area contributed by atoms with E-state index in [1.54, 1.807) is 11.8 Å². The van der Waals surface area contributed by atoms with Crippen LogP contribution in [0.1, 0.15) is 37.6 Å². The van der Waals surface area contributed by atoms with E-state index in [2.05, 4.69) is 15.9 Å². The molecule has 27 heavy (non-hydrogen) atoms. The lowest BCUT2D eigenvalue weighted by atomic mass is 10.2. The molecule has 1 aromatic rings. The summed E-state index contributed by atoms with van der Waals surface area (Å²) in [6, 6.07) is 4.31. The summed E-state index contributed by atoms with van der Waals surface area (Å²) < 4.78 is 32.8. The Hall–Kier alpha value is -1.45. The number of amides is 1. The molecule has 0 unspecified atom stereocenters. The average Bonchev–Trinajstić information content (AvgIpc) is 2.87. The van der Waals surface area contributed by atoms with Gasteiger partial charge in [0, 0.05) is 36.6 Å². The van der Waals surface area contributed by atoms with Gasteiger partial charge in [0.2, 0.25) is 15.9 Å². The van der Waals surface area contributed by atoms with Gasteiger partial charge in [-0.1, -0.05) is 13.8 Å². The van der Waals surface area contributed by atoms with Gasteiger partial charge in [0.05, 0.1) is 17.1 Å². The van der Waals surface area contributed by atoms with Crippen LogP contribution in [-0.4, -0.2) is 62.3 Å². The number of esters is 1. The van der Waals surface area contributed by atoms with Crippen LogP contribution in [0.5, 0.6) is 0 Å². The van der Waals surface area contributed by atoms with Gasteiger partial charge in [0.1, 0.15) is 0 Å². The topological polar surface area (TPSA) is 84.0 Å². The van der Waals surface area contributed by atoms with E-state index in [9.17, 15) is 18.0 Å². The molecule has 1 amide bonds. The van der Waals surface area contributed by atoms with Crippen molar-refractivity contribution >= 4 is 37.8 Å². The quantitative estimate of drug-likeness (QED) is 0.630. The molecule has 1 saturated heterocycles. The maximum Gasteiger partial charge on any atom is 0.338 e. The molecule has 1 aliphatic heterocycles. The van der Waals surface area contributed by atoms with Gasteiger partial charge < -0.3 is 9.64 Å². The zero-order valence-electron chi connectivity index (χ0n) is 15.8. The van der Waals surface area contributed by atoms with E-state index in [-0.39, 0.29) is 35.4 Å². The largest absolute Gasteiger partial charge is 0.462 e. The zero-order chi connectivity index (χ0) is 20.2. The number of benzene rings is 1. The van der Waals surface area contributed by atoms with E-state index in [0.29, 0.717) is 30.5 Å². The molecule has 1 aromatic carbocycles. The molecular weight excluding hydrogens is 436 g/mol. The van der Waals surface area contributed by atoms with Crippen LogP contribution >= 0.6 is 15.9 Å². The van der Waals surface area contributed by atoms with Crippen LogP contribution in [0, 0.1) is 5.92 Å². The van der Waals surface area contributed by atoms with Crippen LogP contribution in [0.4, 0.5) is 0 Å². The summed E-state index contributed by atoms with van der Waals surface area (Å²) in [6.45, 7) is 7.13. The van der Waals surface area contributed by atoms with E-state index in [1.807, 2.05) is 13.8 Å². The average molecular weight is 461 g/mol. The highest BCUT2D eigenvalue weighted by Gasteiger charge is 2.30. The molecular formula is C18H25BrN2O5S. The predicted octanol–water partition coefficient (Wildman–Crippen LogP) is 2.50. The zero-order valence-corrected chi connectivity index (χ0v) is 18.2. The minimum absolute atomic E-state index is 0.0363. The Labute approximate surface area is 168 Å². The van der Waals surface area contributed by atoms with Crippen molar-refractivity contribution in [2.75, 3.05) is 32.8 Å². The number of ether oxygens (including phenoxy) is 1. The van der Waals surface area contributed by atoms with Crippen molar-refractivity contribution in [1.82, 2.24) is 9.21 Å². The first-order valence-corrected chi connectivity index (χ1v) is 11.2. The summed E-state index contributed by atoms with van der Waals surface area (Å²) in [5.41, 5.74) is 0.284. The second-order valence-corrected chi connectivity index (χ2v) is 9.36. The first-order valence-electron chi connectivity index (χ1n) is 8.94. The van der Waals surface area contributed by atoms with Gasteiger partial charge in [-0.2, -0.15) is 4.31 Å². The lowest BCUT2D eigenvalue weighted by molar-refractivity contribution is -0.134. The maximum atomic E-state index is 13.1. The Morgan fingerprint density at radius 2 is 1.89 bits per heavy atom. The molecule has 150 valence electrons. The number of rotatable bonds is 5. The van der Waals surface area contributed by atoms with E-state index >= 15 is 0 Å². The van der Waals surface area contributed by atoms with Gasteiger partial charge in [0.15, 0.2) is 0 Å². The third-order valence-electron chi connectivity index (χ3n) is 4.32. The van der Waals surface area contributed by atoms with Gasteiger partial charge in [-0.3, -0.25) is 4.79 Å². The summed E-state index contributed by atoms with van der Waals surface area (Å²) >= 11 is 3.26. The number of carbonyl (C=O) groups excluding carboxylic acids is 2. The van der Waals surface area contributed by atoms with Crippen LogP contribution in [0.25, 0.3) is 0 Å². The van der Waals surface area contributed by atoms with Crippen LogP contribution in [-0.2, 0) is 19.6 Å². The number of hydrogen-bond acceptors (Lipinski definition) is 5. The van der Waals surface area contributed by atoms with E-state index in [0.717, 1.165) is 0 Å². The van der Waals surface area contributed by atoms with Crippen molar-refractivity contribution in [3.8, 4) is 0 Å². The summed E-state index contributed by atoms with van der Waals surface area (Å²) in [4.78, 5) is 25.8. The second-order valence-electron chi connectivity index (χ2n) is 6.60. The fraction of sp³-hybridized carbons (Fsp3) is 0.556. The molecule has 9 heteroatoms. The lowest BCUT2D eigenvalue weighted by Crippen LogP contribution is -2.39. The molecule has 1 fully saturated rings. The molecule has 0 aromatic heterocycles. The van der Waals surface area contributed by atoms with Crippen molar-refractivity contribution in [2.45, 2.75) is 32.1 Å². The highest BCUT2D eigenvalue weighted by Crippen LogP contribution is 2.27. The first-order chi connectivity index (χ1) is 12.7. The second kappa shape index (κ2) is 9.16. The fourth-order valence-electron chi connectivity index (χ4n) is 2.91. The van der Waals surface area contributed by atoms with Crippen LogP contribution < -0.4 is 0 Å². The number of hydrogen-bond donors (Lipinski definition) is 0. The molecule has 0 radical (unpaired) electrons. The summed E-state index contributed by atoms with van der Waals surface area (Å²) in [5, 5.41) is 0. The van der Waals surface area contributed by atoms with Crippen molar-refractivity contribution in [3.05, 3.63) is 28.2 Å². The molecule has 2 rings (SSSR count). The Balaban J connectivity index is 2.20. The van der Waals surface area contributed by atoms with Gasteiger partial charge in [-0.25, -0.2) is 13.2 Å². The van der Waals surface area contributed by atoms with Gasteiger partial charge in [0.25, 0.3) is 0 Å². The predicted molar refractivity (Wildman–Crippen MR) is 105 cm³/mol. The summed E-state index contributed by atoms with van der Waals surface area (Å²) in [7, 11) is -3.74. The van der Waals surface area contributed by atoms with E-state index in [4.69, 9.17) is 4.74 Å². The Kier molecular flexibility index (Phi) is 7.41. The Morgan fingerprint density at radius 1 is 1.19 bits per heavy atom. The Morgan fingerprint density at radius 3 is 2.48 bits per heavy atom. The van der Waals surface area contributed by atoms with Crippen LogP contribution in [0.3, 0.4) is 0 Å². The first kappa shape index (κ1) is 21.8. The summed E-state index contributed by atoms with van der Waals surface area (Å²) in [5.74, 6) is -0.577. The smallest absolute Gasteiger partial charge is 0.338 e. The summed E-state index contributed by atoms with van der Waals surface area (Å²) in [6.07, 6.45) is 0.580. The number of nitrogens with zero attached hydrogens (tertiary/aromatic N) is 2. The monoisotopic (exact) mass is 460 g/mol. The van der Waals surface area contributed by atoms with Gasteiger partial charge in [-0.05, 0) is 47.5 Å². The van der Waals surface area contributed by atoms with Crippen molar-refractivity contribution in [2.24, 2.45) is 5.92 Å². The third kappa shape index (κ3) is 5.08. The number of carbonyl (C=O) groups is 2. The van der Waals surface area contributed by atoms with Crippen molar-refractivity contribution in [3.63, 3.8) is 0 Å².